The van der Waals surface area contributed by atoms with Crippen molar-refractivity contribution in [2.45, 2.75) is 110 Å². The molecule has 1 aliphatic rings. The third-order valence-corrected chi connectivity index (χ3v) is 4.19. The van der Waals surface area contributed by atoms with Crippen molar-refractivity contribution in [1.29, 1.82) is 0 Å². The molecule has 0 N–H and O–H groups in total. The van der Waals surface area contributed by atoms with Crippen LogP contribution in [-0.4, -0.2) is 12.2 Å². The molecule has 0 radical (unpaired) electrons. The fourth-order valence-corrected chi connectivity index (χ4v) is 2.74. The summed E-state index contributed by atoms with van der Waals surface area (Å²) in [7, 11) is 0. The van der Waals surface area contributed by atoms with E-state index in [4.69, 9.17) is 4.74 Å². The smallest absolute Gasteiger partial charge is 0.0950 e. The van der Waals surface area contributed by atoms with E-state index in [1.165, 1.54) is 64.2 Å². The van der Waals surface area contributed by atoms with Gasteiger partial charge < -0.3 is 4.74 Å². The summed E-state index contributed by atoms with van der Waals surface area (Å²) in [5, 5.41) is 0. The van der Waals surface area contributed by atoms with Gasteiger partial charge in [0.15, 0.2) is 0 Å². The molecule has 1 fully saturated rings. The molecule has 0 aromatic heterocycles. The number of rotatable bonds is 11. The summed E-state index contributed by atoms with van der Waals surface area (Å²) in [6.45, 7) is 4.34. The average molecular weight is 303 g/mol. The van der Waals surface area contributed by atoms with E-state index >= 15 is 0 Å². The number of epoxide rings is 1. The van der Waals surface area contributed by atoms with Gasteiger partial charge in [0.1, 0.15) is 0 Å². The molecule has 0 amide bonds. The predicted octanol–water partition coefficient (Wildman–Crippen LogP) is 5.87. The average Bonchev–Trinajstić information content (AvgIpc) is 3.27. The maximum Gasteiger partial charge on any atom is 0.0950 e. The zero-order valence-corrected chi connectivity index (χ0v) is 14.8. The summed E-state index contributed by atoms with van der Waals surface area (Å²) in [5.74, 6) is 12.4. The van der Waals surface area contributed by atoms with Crippen molar-refractivity contribution in [3.05, 3.63) is 0 Å². The Labute approximate surface area is 138 Å². The Morgan fingerprint density at radius 3 is 2.00 bits per heavy atom. The van der Waals surface area contributed by atoms with Crippen molar-refractivity contribution < 1.29 is 4.74 Å². The first-order valence-corrected chi connectivity index (χ1v) is 9.45. The molecule has 124 valence electrons. The largest absolute Gasteiger partial charge is 0.369 e. The lowest BCUT2D eigenvalue weighted by molar-refractivity contribution is 0.359. The lowest BCUT2D eigenvalue weighted by Gasteiger charge is -2.01. The quantitative estimate of drug-likeness (QED) is 0.264. The van der Waals surface area contributed by atoms with Crippen LogP contribution in [0.25, 0.3) is 0 Å². The molecule has 1 heterocycles. The first kappa shape index (κ1) is 19.1. The molecule has 1 heteroatoms. The second-order valence-electron chi connectivity index (χ2n) is 6.27. The standard InChI is InChI=1S/C21H34O/c1-3-5-7-9-11-12-13-15-17-19-21-20(22-21)18-16-14-10-8-6-4-2/h20-21H,3-5,7,9-13,15,17-19H2,1-2H3/t20-,21-/m0/s1. The van der Waals surface area contributed by atoms with Crippen LogP contribution >= 0.6 is 0 Å². The van der Waals surface area contributed by atoms with Gasteiger partial charge in [-0.1, -0.05) is 89.4 Å². The Kier molecular flexibility index (Phi) is 11.9. The third kappa shape index (κ3) is 10.8. The van der Waals surface area contributed by atoms with E-state index in [9.17, 15) is 0 Å². The Hall–Kier alpha value is -0.920. The first-order valence-electron chi connectivity index (χ1n) is 9.45. The van der Waals surface area contributed by atoms with Crippen molar-refractivity contribution in [1.82, 2.24) is 0 Å². The van der Waals surface area contributed by atoms with Gasteiger partial charge in [-0.05, 0) is 6.42 Å². The predicted molar refractivity (Wildman–Crippen MR) is 95.6 cm³/mol. The summed E-state index contributed by atoms with van der Waals surface area (Å²) in [5.41, 5.74) is 0. The molecule has 0 spiro atoms. The van der Waals surface area contributed by atoms with Gasteiger partial charge in [0.25, 0.3) is 0 Å². The molecule has 0 bridgehead atoms. The molecule has 2 atom stereocenters. The summed E-state index contributed by atoms with van der Waals surface area (Å²) in [4.78, 5) is 0. The molecular weight excluding hydrogens is 268 g/mol. The van der Waals surface area contributed by atoms with Gasteiger partial charge in [-0.25, -0.2) is 0 Å². The maximum atomic E-state index is 5.68. The van der Waals surface area contributed by atoms with Crippen LogP contribution in [-0.2, 0) is 4.74 Å². The zero-order chi connectivity index (χ0) is 15.9. The van der Waals surface area contributed by atoms with E-state index in [1.54, 1.807) is 0 Å². The molecule has 1 saturated heterocycles. The molecule has 0 unspecified atom stereocenters. The molecule has 1 nitrogen and oxygen atoms in total. The maximum absolute atomic E-state index is 5.68. The van der Waals surface area contributed by atoms with Crippen LogP contribution in [0.1, 0.15) is 97.3 Å². The van der Waals surface area contributed by atoms with Gasteiger partial charge in [0.05, 0.1) is 18.6 Å². The highest BCUT2D eigenvalue weighted by atomic mass is 16.6. The van der Waals surface area contributed by atoms with Gasteiger partial charge in [-0.3, -0.25) is 0 Å². The fraction of sp³-hybridized carbons (Fsp3) is 0.810. The second-order valence-corrected chi connectivity index (χ2v) is 6.27. The van der Waals surface area contributed by atoms with E-state index in [2.05, 4.69) is 37.5 Å². The Balaban J connectivity index is 1.84. The van der Waals surface area contributed by atoms with Crippen LogP contribution in [0.5, 0.6) is 0 Å². The van der Waals surface area contributed by atoms with Crippen LogP contribution < -0.4 is 0 Å². The van der Waals surface area contributed by atoms with Crippen LogP contribution in [0, 0.1) is 23.7 Å². The van der Waals surface area contributed by atoms with E-state index < -0.39 is 0 Å². The van der Waals surface area contributed by atoms with Crippen LogP contribution in [0.4, 0.5) is 0 Å². The van der Waals surface area contributed by atoms with Gasteiger partial charge in [0, 0.05) is 12.8 Å². The minimum absolute atomic E-state index is 0.417. The third-order valence-electron chi connectivity index (χ3n) is 4.19. The normalized spacial score (nSPS) is 19.0. The van der Waals surface area contributed by atoms with E-state index in [0.29, 0.717) is 18.6 Å². The molecular formula is C21H34O. The summed E-state index contributed by atoms with van der Waals surface area (Å²) >= 11 is 0. The van der Waals surface area contributed by atoms with Crippen LogP contribution in [0.2, 0.25) is 0 Å². The minimum atomic E-state index is 0.417. The van der Waals surface area contributed by atoms with E-state index in [0.717, 1.165) is 12.8 Å². The van der Waals surface area contributed by atoms with Gasteiger partial charge in [0.2, 0.25) is 0 Å². The lowest BCUT2D eigenvalue weighted by atomic mass is 10.0. The first-order chi connectivity index (χ1) is 10.9. The monoisotopic (exact) mass is 302 g/mol. The molecule has 1 aliphatic heterocycles. The van der Waals surface area contributed by atoms with Crippen molar-refractivity contribution >= 4 is 0 Å². The van der Waals surface area contributed by atoms with Crippen molar-refractivity contribution in [2.24, 2.45) is 0 Å². The van der Waals surface area contributed by atoms with Gasteiger partial charge in [-0.15, -0.1) is 5.92 Å². The highest BCUT2D eigenvalue weighted by molar-refractivity contribution is 5.12. The topological polar surface area (TPSA) is 12.5 Å². The molecule has 0 aliphatic carbocycles. The lowest BCUT2D eigenvalue weighted by Crippen LogP contribution is -1.93. The number of hydrogen-bond acceptors (Lipinski definition) is 1. The van der Waals surface area contributed by atoms with Gasteiger partial charge in [-0.2, -0.15) is 0 Å². The molecule has 0 aromatic carbocycles. The summed E-state index contributed by atoms with van der Waals surface area (Å²) in [6, 6.07) is 0. The van der Waals surface area contributed by atoms with Crippen molar-refractivity contribution in [2.75, 3.05) is 0 Å². The van der Waals surface area contributed by atoms with E-state index in [1.807, 2.05) is 0 Å². The van der Waals surface area contributed by atoms with Crippen LogP contribution in [0.15, 0.2) is 0 Å². The summed E-state index contributed by atoms with van der Waals surface area (Å²) < 4.78 is 5.68. The molecule has 0 saturated carbocycles. The van der Waals surface area contributed by atoms with Crippen molar-refractivity contribution in [3.63, 3.8) is 0 Å². The Morgan fingerprint density at radius 2 is 1.32 bits per heavy atom. The molecule has 1 rings (SSSR count). The SMILES string of the molecule is CCC#CCC#CC[C@@H]1O[C@H]1CCCCCCCCCCC. The highest BCUT2D eigenvalue weighted by Gasteiger charge is 2.36. The second kappa shape index (κ2) is 13.7. The highest BCUT2D eigenvalue weighted by Crippen LogP contribution is 2.29. The van der Waals surface area contributed by atoms with Crippen LogP contribution in [0.3, 0.4) is 0 Å². The fourth-order valence-electron chi connectivity index (χ4n) is 2.74. The zero-order valence-electron chi connectivity index (χ0n) is 14.8. The van der Waals surface area contributed by atoms with E-state index in [-0.39, 0.29) is 0 Å². The van der Waals surface area contributed by atoms with Crippen molar-refractivity contribution in [3.8, 4) is 23.7 Å². The number of unbranched alkanes of at least 4 members (excludes halogenated alkanes) is 8. The molecule has 0 aromatic rings. The minimum Gasteiger partial charge on any atom is -0.369 e. The van der Waals surface area contributed by atoms with Gasteiger partial charge >= 0.3 is 0 Å². The summed E-state index contributed by atoms with van der Waals surface area (Å²) in [6.07, 6.45) is 17.3. The number of ether oxygens (including phenoxy) is 1. The molecule has 22 heavy (non-hydrogen) atoms. The Bertz CT molecular complexity index is 376. The number of hydrogen-bond donors (Lipinski definition) is 0. The Morgan fingerprint density at radius 1 is 0.682 bits per heavy atom.